The molecule has 1 heterocycles. The summed E-state index contributed by atoms with van der Waals surface area (Å²) in [6.07, 6.45) is 2.23. The molecule has 0 saturated carbocycles. The molecule has 27 heavy (non-hydrogen) atoms. The maximum Gasteiger partial charge on any atom is 0.244 e. The van der Waals surface area contributed by atoms with E-state index in [0.29, 0.717) is 24.7 Å². The molecule has 0 bridgehead atoms. The van der Waals surface area contributed by atoms with E-state index in [1.54, 1.807) is 24.3 Å². The van der Waals surface area contributed by atoms with Crippen molar-refractivity contribution in [3.05, 3.63) is 66.1 Å². The van der Waals surface area contributed by atoms with Crippen LogP contribution in [0.3, 0.4) is 0 Å². The Hall–Kier alpha value is -3.55. The second-order valence-electron chi connectivity index (χ2n) is 5.85. The molecule has 0 aliphatic carbocycles. The molecule has 3 rings (SSSR count). The Bertz CT molecular complexity index is 899. The fourth-order valence-corrected chi connectivity index (χ4v) is 2.40. The molecule has 3 aromatic rings. The molecule has 138 valence electrons. The Balaban J connectivity index is 1.55. The molecule has 3 N–H and O–H groups in total. The summed E-state index contributed by atoms with van der Waals surface area (Å²) in [4.78, 5) is 15.4. The van der Waals surface area contributed by atoms with Crippen molar-refractivity contribution in [3.63, 3.8) is 0 Å². The van der Waals surface area contributed by atoms with Gasteiger partial charge in [-0.1, -0.05) is 12.1 Å². The summed E-state index contributed by atoms with van der Waals surface area (Å²) >= 11 is 0. The van der Waals surface area contributed by atoms with Crippen molar-refractivity contribution in [2.24, 2.45) is 0 Å². The Labute approximate surface area is 156 Å². The molecule has 0 radical (unpaired) electrons. The number of aromatic nitrogens is 3. The van der Waals surface area contributed by atoms with E-state index >= 15 is 0 Å². The third-order valence-corrected chi connectivity index (χ3v) is 3.65. The number of nitrogens with one attached hydrogen (secondary N) is 3. The predicted octanol–water partition coefficient (Wildman–Crippen LogP) is 3.37. The van der Waals surface area contributed by atoms with Gasteiger partial charge in [-0.2, -0.15) is 10.1 Å². The first-order chi connectivity index (χ1) is 13.1. The molecule has 0 aliphatic heterocycles. The van der Waals surface area contributed by atoms with Crippen LogP contribution < -0.4 is 16.0 Å². The van der Waals surface area contributed by atoms with Crippen LogP contribution in [0.5, 0.6) is 0 Å². The zero-order valence-electron chi connectivity index (χ0n) is 14.7. The van der Waals surface area contributed by atoms with Crippen molar-refractivity contribution in [1.29, 1.82) is 0 Å². The summed E-state index contributed by atoms with van der Waals surface area (Å²) < 4.78 is 12.9. The van der Waals surface area contributed by atoms with Crippen LogP contribution in [-0.4, -0.2) is 27.6 Å². The maximum atomic E-state index is 12.9. The van der Waals surface area contributed by atoms with Gasteiger partial charge in [-0.15, -0.1) is 5.10 Å². The first kappa shape index (κ1) is 18.2. The molecule has 8 heteroatoms. The van der Waals surface area contributed by atoms with E-state index in [1.165, 1.54) is 25.3 Å². The van der Waals surface area contributed by atoms with E-state index in [9.17, 15) is 9.18 Å². The average Bonchev–Trinajstić information content (AvgIpc) is 2.65. The van der Waals surface area contributed by atoms with Crippen molar-refractivity contribution < 1.29 is 9.18 Å². The van der Waals surface area contributed by atoms with E-state index in [2.05, 4.69) is 31.1 Å². The Morgan fingerprint density at radius 3 is 2.44 bits per heavy atom. The van der Waals surface area contributed by atoms with Crippen molar-refractivity contribution in [3.8, 4) is 0 Å². The lowest BCUT2D eigenvalue weighted by Crippen LogP contribution is -2.09. The van der Waals surface area contributed by atoms with Gasteiger partial charge in [-0.25, -0.2) is 4.39 Å². The summed E-state index contributed by atoms with van der Waals surface area (Å²) in [5, 5.41) is 16.8. The van der Waals surface area contributed by atoms with Gasteiger partial charge in [0.1, 0.15) is 5.82 Å². The van der Waals surface area contributed by atoms with Crippen LogP contribution in [0.2, 0.25) is 0 Å². The zero-order chi connectivity index (χ0) is 19.1. The molecule has 0 unspecified atom stereocenters. The van der Waals surface area contributed by atoms with E-state index in [-0.39, 0.29) is 11.7 Å². The molecule has 0 atom stereocenters. The first-order valence-electron chi connectivity index (χ1n) is 8.41. The highest BCUT2D eigenvalue weighted by Crippen LogP contribution is 2.17. The minimum absolute atomic E-state index is 0.118. The van der Waals surface area contributed by atoms with Crippen LogP contribution in [0, 0.1) is 5.82 Å². The van der Waals surface area contributed by atoms with E-state index < -0.39 is 0 Å². The fourth-order valence-electron chi connectivity index (χ4n) is 2.40. The normalized spacial score (nSPS) is 10.3. The average molecular weight is 366 g/mol. The van der Waals surface area contributed by atoms with Crippen molar-refractivity contribution >= 4 is 29.0 Å². The number of carbonyl (C=O) groups excluding carboxylic acids is 1. The molecule has 7 nitrogen and oxygen atoms in total. The van der Waals surface area contributed by atoms with Crippen LogP contribution >= 0.6 is 0 Å². The highest BCUT2D eigenvalue weighted by atomic mass is 19.1. The van der Waals surface area contributed by atoms with Gasteiger partial charge >= 0.3 is 0 Å². The van der Waals surface area contributed by atoms with Crippen molar-refractivity contribution in [2.45, 2.75) is 13.3 Å². The van der Waals surface area contributed by atoms with Crippen LogP contribution in [-0.2, 0) is 11.2 Å². The predicted molar refractivity (Wildman–Crippen MR) is 102 cm³/mol. The molecular weight excluding hydrogens is 347 g/mol. The highest BCUT2D eigenvalue weighted by molar-refractivity contribution is 5.88. The van der Waals surface area contributed by atoms with Crippen LogP contribution in [0.4, 0.5) is 27.5 Å². The number of anilines is 4. The summed E-state index contributed by atoms with van der Waals surface area (Å²) in [5.41, 5.74) is 2.55. The Morgan fingerprint density at radius 1 is 1.04 bits per heavy atom. The minimum Gasteiger partial charge on any atom is -0.353 e. The van der Waals surface area contributed by atoms with Crippen LogP contribution in [0.25, 0.3) is 0 Å². The largest absolute Gasteiger partial charge is 0.353 e. The van der Waals surface area contributed by atoms with Crippen LogP contribution in [0.1, 0.15) is 12.5 Å². The monoisotopic (exact) mass is 366 g/mol. The van der Waals surface area contributed by atoms with E-state index in [4.69, 9.17) is 0 Å². The fraction of sp³-hybridized carbons (Fsp3) is 0.158. The third kappa shape index (κ3) is 5.74. The number of nitrogens with zero attached hydrogens (tertiary/aromatic N) is 3. The lowest BCUT2D eigenvalue weighted by Gasteiger charge is -2.09. The Morgan fingerprint density at radius 2 is 1.74 bits per heavy atom. The van der Waals surface area contributed by atoms with Gasteiger partial charge < -0.3 is 16.0 Å². The second-order valence-corrected chi connectivity index (χ2v) is 5.85. The molecule has 0 aliphatic rings. The number of halogens is 1. The topological polar surface area (TPSA) is 91.8 Å². The summed E-state index contributed by atoms with van der Waals surface area (Å²) in [5.74, 6) is 0.578. The van der Waals surface area contributed by atoms with Gasteiger partial charge in [0, 0.05) is 24.8 Å². The molecule has 0 fully saturated rings. The molecule has 0 spiro atoms. The van der Waals surface area contributed by atoms with Crippen molar-refractivity contribution in [2.75, 3.05) is 22.5 Å². The van der Waals surface area contributed by atoms with Gasteiger partial charge in [-0.05, 0) is 48.4 Å². The standard InChI is InChI=1S/C19H19FN6O/c1-13(27)23-16-6-8-17(9-7-16)24-18-12-22-26-19(25-18)21-11-10-14-2-4-15(20)5-3-14/h2-9,12H,10-11H2,1H3,(H,23,27)(H2,21,24,25,26). The summed E-state index contributed by atoms with van der Waals surface area (Å²) in [7, 11) is 0. The number of carbonyl (C=O) groups is 1. The van der Waals surface area contributed by atoms with Gasteiger partial charge in [0.25, 0.3) is 0 Å². The molecule has 1 amide bonds. The number of hydrogen-bond donors (Lipinski definition) is 3. The number of benzene rings is 2. The second kappa shape index (κ2) is 8.70. The Kier molecular flexibility index (Phi) is 5.88. The maximum absolute atomic E-state index is 12.9. The van der Waals surface area contributed by atoms with Crippen LogP contribution in [0.15, 0.2) is 54.7 Å². The van der Waals surface area contributed by atoms with Crippen molar-refractivity contribution in [1.82, 2.24) is 15.2 Å². The number of rotatable bonds is 7. The van der Waals surface area contributed by atoms with E-state index in [1.807, 2.05) is 12.1 Å². The molecule has 0 saturated heterocycles. The third-order valence-electron chi connectivity index (χ3n) is 3.65. The summed E-state index contributed by atoms with van der Waals surface area (Å²) in [6.45, 7) is 2.06. The highest BCUT2D eigenvalue weighted by Gasteiger charge is 2.02. The number of amides is 1. The smallest absolute Gasteiger partial charge is 0.244 e. The zero-order valence-corrected chi connectivity index (χ0v) is 14.7. The quantitative estimate of drug-likeness (QED) is 0.594. The molecular formula is C19H19FN6O. The lowest BCUT2D eigenvalue weighted by atomic mass is 10.1. The van der Waals surface area contributed by atoms with Gasteiger partial charge in [0.15, 0.2) is 5.82 Å². The van der Waals surface area contributed by atoms with E-state index in [0.717, 1.165) is 16.9 Å². The molecule has 2 aromatic carbocycles. The lowest BCUT2D eigenvalue weighted by molar-refractivity contribution is -0.114. The first-order valence-corrected chi connectivity index (χ1v) is 8.41. The van der Waals surface area contributed by atoms with Gasteiger partial charge in [0.05, 0.1) is 6.20 Å². The van der Waals surface area contributed by atoms with Gasteiger partial charge in [-0.3, -0.25) is 4.79 Å². The van der Waals surface area contributed by atoms with Gasteiger partial charge in [0.2, 0.25) is 11.9 Å². The minimum atomic E-state index is -0.247. The number of hydrogen-bond acceptors (Lipinski definition) is 6. The SMILES string of the molecule is CC(=O)Nc1ccc(Nc2cnnc(NCCc3ccc(F)cc3)n2)cc1. The summed E-state index contributed by atoms with van der Waals surface area (Å²) in [6, 6.07) is 13.6. The molecule has 1 aromatic heterocycles.